The summed E-state index contributed by atoms with van der Waals surface area (Å²) < 4.78 is 5.48. The molecule has 0 saturated carbocycles. The van der Waals surface area contributed by atoms with E-state index in [1.165, 1.54) is 0 Å². The molecule has 160 valence electrons. The number of carbonyl (C=O) groups is 2. The summed E-state index contributed by atoms with van der Waals surface area (Å²) in [6.07, 6.45) is 3.26. The summed E-state index contributed by atoms with van der Waals surface area (Å²) >= 11 is 0. The Morgan fingerprint density at radius 2 is 2.17 bits per heavy atom. The van der Waals surface area contributed by atoms with Crippen molar-refractivity contribution >= 4 is 47.4 Å². The summed E-state index contributed by atoms with van der Waals surface area (Å²) in [5.41, 5.74) is 6.17. The van der Waals surface area contributed by atoms with Gasteiger partial charge in [0, 0.05) is 39.6 Å². The van der Waals surface area contributed by atoms with Crippen molar-refractivity contribution in [1.82, 2.24) is 10.2 Å². The van der Waals surface area contributed by atoms with Gasteiger partial charge in [-0.1, -0.05) is 12.1 Å². The highest BCUT2D eigenvalue weighted by Gasteiger charge is 2.25. The number of nitrogens with two attached hydrogens (primary N) is 1. The Balaban J connectivity index is 0.00000300. The van der Waals surface area contributed by atoms with E-state index in [2.05, 4.69) is 15.2 Å². The quantitative estimate of drug-likeness (QED) is 0.260. The third kappa shape index (κ3) is 6.22. The molecule has 2 heterocycles. The molecule has 29 heavy (non-hydrogen) atoms. The second-order valence-electron chi connectivity index (χ2n) is 7.25. The SMILES string of the molecule is CN=C(NCCCN1C(=O)COc2ccccc21)N1CCCC(CC(N)=O)C1.I. The maximum Gasteiger partial charge on any atom is 0.265 e. The van der Waals surface area contributed by atoms with Crippen molar-refractivity contribution in [1.29, 1.82) is 0 Å². The van der Waals surface area contributed by atoms with E-state index in [9.17, 15) is 9.59 Å². The van der Waals surface area contributed by atoms with E-state index in [0.717, 1.165) is 49.7 Å². The number of rotatable bonds is 6. The summed E-state index contributed by atoms with van der Waals surface area (Å²) in [7, 11) is 1.77. The summed E-state index contributed by atoms with van der Waals surface area (Å²) in [6, 6.07) is 7.61. The van der Waals surface area contributed by atoms with Gasteiger partial charge < -0.3 is 25.6 Å². The van der Waals surface area contributed by atoms with Gasteiger partial charge in [-0.25, -0.2) is 0 Å². The molecule has 3 rings (SSSR count). The number of fused-ring (bicyclic) bond motifs is 1. The molecule has 2 aliphatic rings. The van der Waals surface area contributed by atoms with Crippen LogP contribution in [0.5, 0.6) is 5.75 Å². The molecule has 1 atom stereocenters. The third-order valence-corrected chi connectivity index (χ3v) is 5.17. The number of ether oxygens (including phenoxy) is 1. The van der Waals surface area contributed by atoms with E-state index in [1.54, 1.807) is 11.9 Å². The highest BCUT2D eigenvalue weighted by Crippen LogP contribution is 2.31. The van der Waals surface area contributed by atoms with Gasteiger partial charge in [0.05, 0.1) is 5.69 Å². The second kappa shape index (κ2) is 11.2. The fourth-order valence-electron chi connectivity index (χ4n) is 3.88. The molecule has 2 aliphatic heterocycles. The molecule has 2 amide bonds. The van der Waals surface area contributed by atoms with Crippen molar-refractivity contribution in [2.45, 2.75) is 25.7 Å². The number of para-hydroxylation sites is 2. The average Bonchev–Trinajstić information content (AvgIpc) is 2.69. The zero-order valence-corrected chi connectivity index (χ0v) is 19.1. The molecule has 1 unspecified atom stereocenters. The zero-order valence-electron chi connectivity index (χ0n) is 16.8. The number of nitrogens with zero attached hydrogens (tertiary/aromatic N) is 3. The molecular weight excluding hydrogens is 485 g/mol. The Labute approximate surface area is 188 Å². The number of nitrogens with one attached hydrogen (secondary N) is 1. The van der Waals surface area contributed by atoms with E-state index in [1.807, 2.05) is 24.3 Å². The minimum atomic E-state index is -0.245. The molecule has 8 nitrogen and oxygen atoms in total. The highest BCUT2D eigenvalue weighted by atomic mass is 127. The van der Waals surface area contributed by atoms with E-state index in [-0.39, 0.29) is 48.3 Å². The van der Waals surface area contributed by atoms with Crippen LogP contribution in [0.1, 0.15) is 25.7 Å². The van der Waals surface area contributed by atoms with Crippen LogP contribution in [-0.2, 0) is 9.59 Å². The van der Waals surface area contributed by atoms with E-state index in [4.69, 9.17) is 10.5 Å². The topological polar surface area (TPSA) is 100 Å². The van der Waals surface area contributed by atoms with Gasteiger partial charge in [-0.15, -0.1) is 24.0 Å². The van der Waals surface area contributed by atoms with Crippen molar-refractivity contribution in [3.63, 3.8) is 0 Å². The van der Waals surface area contributed by atoms with Gasteiger partial charge in [0.1, 0.15) is 5.75 Å². The lowest BCUT2D eigenvalue weighted by Gasteiger charge is -2.35. The molecule has 1 saturated heterocycles. The standard InChI is InChI=1S/C20H29N5O3.HI/c1-22-20(24-10-4-6-15(13-24)12-18(21)26)23-9-5-11-25-16-7-2-3-8-17(16)28-14-19(25)27;/h2-3,7-8,15H,4-6,9-14H2,1H3,(H2,21,26)(H,22,23);1H. The number of anilines is 1. The fourth-order valence-corrected chi connectivity index (χ4v) is 3.88. The van der Waals surface area contributed by atoms with Crippen LogP contribution in [0.25, 0.3) is 0 Å². The molecule has 0 bridgehead atoms. The number of primary amides is 1. The van der Waals surface area contributed by atoms with Crippen molar-refractivity contribution in [2.75, 3.05) is 44.7 Å². The average molecular weight is 515 g/mol. The first-order valence-corrected chi connectivity index (χ1v) is 9.84. The lowest BCUT2D eigenvalue weighted by atomic mass is 9.95. The molecule has 1 aromatic rings. The molecule has 1 aromatic carbocycles. The monoisotopic (exact) mass is 515 g/mol. The fraction of sp³-hybridized carbons (Fsp3) is 0.550. The highest BCUT2D eigenvalue weighted by molar-refractivity contribution is 14.0. The first-order chi connectivity index (χ1) is 13.6. The molecule has 0 spiro atoms. The number of hydrogen-bond acceptors (Lipinski definition) is 4. The van der Waals surface area contributed by atoms with Crippen LogP contribution in [0.15, 0.2) is 29.3 Å². The minimum Gasteiger partial charge on any atom is -0.482 e. The van der Waals surface area contributed by atoms with Crippen LogP contribution in [0, 0.1) is 5.92 Å². The summed E-state index contributed by atoms with van der Waals surface area (Å²) in [4.78, 5) is 31.8. The van der Waals surface area contributed by atoms with E-state index in [0.29, 0.717) is 19.5 Å². The zero-order chi connectivity index (χ0) is 19.9. The number of halogens is 1. The number of carbonyl (C=O) groups excluding carboxylic acids is 2. The number of amides is 2. The summed E-state index contributed by atoms with van der Waals surface area (Å²) in [6.45, 7) is 3.12. The molecule has 9 heteroatoms. The summed E-state index contributed by atoms with van der Waals surface area (Å²) in [5, 5.41) is 3.38. The number of guanidine groups is 1. The number of aliphatic imine (C=N–C) groups is 1. The minimum absolute atomic E-state index is 0. The van der Waals surface area contributed by atoms with Gasteiger partial charge in [0.2, 0.25) is 5.91 Å². The maximum atomic E-state index is 12.2. The third-order valence-electron chi connectivity index (χ3n) is 5.17. The van der Waals surface area contributed by atoms with Crippen molar-refractivity contribution < 1.29 is 14.3 Å². The van der Waals surface area contributed by atoms with Crippen molar-refractivity contribution in [2.24, 2.45) is 16.6 Å². The van der Waals surface area contributed by atoms with Crippen LogP contribution >= 0.6 is 24.0 Å². The molecule has 3 N–H and O–H groups in total. The van der Waals surface area contributed by atoms with Crippen LogP contribution in [0.4, 0.5) is 5.69 Å². The Hall–Kier alpha value is -2.04. The van der Waals surface area contributed by atoms with Crippen molar-refractivity contribution in [3.05, 3.63) is 24.3 Å². The molecule has 0 radical (unpaired) electrons. The van der Waals surface area contributed by atoms with Gasteiger partial charge in [-0.2, -0.15) is 0 Å². The smallest absolute Gasteiger partial charge is 0.265 e. The van der Waals surface area contributed by atoms with Crippen LogP contribution in [0.3, 0.4) is 0 Å². The molecule has 1 fully saturated rings. The summed E-state index contributed by atoms with van der Waals surface area (Å²) in [5.74, 6) is 1.61. The number of piperidine rings is 1. The lowest BCUT2D eigenvalue weighted by Crippen LogP contribution is -2.48. The normalized spacial score (nSPS) is 19.1. The number of hydrogen-bond donors (Lipinski definition) is 2. The van der Waals surface area contributed by atoms with Gasteiger partial charge in [0.15, 0.2) is 12.6 Å². The first-order valence-electron chi connectivity index (χ1n) is 9.84. The van der Waals surface area contributed by atoms with E-state index >= 15 is 0 Å². The molecule has 0 aromatic heterocycles. The second-order valence-corrected chi connectivity index (χ2v) is 7.25. The number of likely N-dealkylation sites (tertiary alicyclic amines) is 1. The van der Waals surface area contributed by atoms with Crippen LogP contribution in [-0.4, -0.2) is 62.5 Å². The Bertz CT molecular complexity index is 743. The van der Waals surface area contributed by atoms with Gasteiger partial charge in [-0.3, -0.25) is 14.6 Å². The van der Waals surface area contributed by atoms with Crippen LogP contribution < -0.4 is 20.7 Å². The lowest BCUT2D eigenvalue weighted by molar-refractivity contribution is -0.121. The molecular formula is C20H30IN5O3. The maximum absolute atomic E-state index is 12.2. The predicted molar refractivity (Wildman–Crippen MR) is 124 cm³/mol. The van der Waals surface area contributed by atoms with Gasteiger partial charge in [-0.05, 0) is 37.3 Å². The largest absolute Gasteiger partial charge is 0.482 e. The number of benzene rings is 1. The van der Waals surface area contributed by atoms with E-state index < -0.39 is 0 Å². The molecule has 0 aliphatic carbocycles. The van der Waals surface area contributed by atoms with Gasteiger partial charge in [0.25, 0.3) is 5.91 Å². The Kier molecular flexibility index (Phi) is 8.99. The Morgan fingerprint density at radius 1 is 1.38 bits per heavy atom. The van der Waals surface area contributed by atoms with Crippen molar-refractivity contribution in [3.8, 4) is 5.75 Å². The first kappa shape index (κ1) is 23.2. The predicted octanol–water partition coefficient (Wildman–Crippen LogP) is 1.58. The van der Waals surface area contributed by atoms with Crippen LogP contribution in [0.2, 0.25) is 0 Å². The van der Waals surface area contributed by atoms with Gasteiger partial charge >= 0.3 is 0 Å². The Morgan fingerprint density at radius 3 is 2.93 bits per heavy atom.